The van der Waals surface area contributed by atoms with Crippen LogP contribution in [0.25, 0.3) is 0 Å². The van der Waals surface area contributed by atoms with Gasteiger partial charge in [-0.05, 0) is 55.2 Å². The Morgan fingerprint density at radius 1 is 1.13 bits per heavy atom. The highest BCUT2D eigenvalue weighted by Crippen LogP contribution is 2.23. The van der Waals surface area contributed by atoms with E-state index in [0.717, 1.165) is 5.56 Å². The quantitative estimate of drug-likeness (QED) is 0.769. The van der Waals surface area contributed by atoms with Gasteiger partial charge in [0.05, 0.1) is 18.1 Å². The molecule has 1 aromatic carbocycles. The van der Waals surface area contributed by atoms with Crippen LogP contribution < -0.4 is 15.4 Å². The Labute approximate surface area is 181 Å². The van der Waals surface area contributed by atoms with Gasteiger partial charge in [0.25, 0.3) is 5.91 Å². The molecule has 2 bridgehead atoms. The summed E-state index contributed by atoms with van der Waals surface area (Å²) in [5.74, 6) is -0.611. The van der Waals surface area contributed by atoms with Crippen molar-refractivity contribution >= 4 is 11.8 Å². The number of halogens is 1. The molecule has 2 amide bonds. The fraction of sp³-hybridized carbons (Fsp3) is 0.435. The fourth-order valence-corrected chi connectivity index (χ4v) is 4.17. The Kier molecular flexibility index (Phi) is 6.76. The second kappa shape index (κ2) is 9.87. The van der Waals surface area contributed by atoms with Crippen molar-refractivity contribution in [2.75, 3.05) is 26.2 Å². The molecule has 31 heavy (non-hydrogen) atoms. The van der Waals surface area contributed by atoms with E-state index in [2.05, 4.69) is 20.5 Å². The number of amides is 2. The average Bonchev–Trinajstić information content (AvgIpc) is 2.96. The molecule has 1 saturated heterocycles. The molecule has 2 atom stereocenters. The molecule has 3 heterocycles. The van der Waals surface area contributed by atoms with Gasteiger partial charge >= 0.3 is 0 Å². The van der Waals surface area contributed by atoms with Crippen LogP contribution in [-0.2, 0) is 11.3 Å². The number of nitrogens with zero attached hydrogens (tertiary/aromatic N) is 2. The van der Waals surface area contributed by atoms with Gasteiger partial charge in [0.2, 0.25) is 5.91 Å². The molecule has 4 rings (SSSR count). The first-order chi connectivity index (χ1) is 15.1. The molecular formula is C23H27FN4O3. The number of carbonyl (C=O) groups is 2. The topological polar surface area (TPSA) is 83.6 Å². The lowest BCUT2D eigenvalue weighted by atomic mass is 10.0. The molecule has 2 N–H and O–H groups in total. The van der Waals surface area contributed by atoms with Gasteiger partial charge in [0, 0.05) is 44.6 Å². The second-order valence-electron chi connectivity index (χ2n) is 8.13. The average molecular weight is 426 g/mol. The maximum atomic E-state index is 13.9. The monoisotopic (exact) mass is 426 g/mol. The number of likely N-dealkylation sites (tertiary alicyclic amines) is 1. The zero-order valence-corrected chi connectivity index (χ0v) is 17.4. The van der Waals surface area contributed by atoms with Crippen LogP contribution in [0.5, 0.6) is 5.75 Å². The number of carbonyl (C=O) groups excluding carboxylic acids is 2. The van der Waals surface area contributed by atoms with Crippen molar-refractivity contribution in [2.45, 2.75) is 31.8 Å². The number of fused-ring (bicyclic) bond motifs is 4. The molecule has 0 saturated carbocycles. The molecule has 1 fully saturated rings. The minimum absolute atomic E-state index is 0.0336. The standard InChI is InChI=1S/C23H27FN4O3/c24-18-3-5-21-20(12-18)23(30)27-19-4-2-17(22(29)26-8-1-11-31-21)14-28(15-19)13-16-6-9-25-10-7-16/h3,5-7,9-10,12,17,19H,1-2,4,8,11,13-15H2,(H,26,29)(H,27,30)/t17-,19+/m0/s1. The van der Waals surface area contributed by atoms with Crippen molar-refractivity contribution in [1.29, 1.82) is 0 Å². The predicted molar refractivity (Wildman–Crippen MR) is 113 cm³/mol. The molecule has 2 aromatic rings. The van der Waals surface area contributed by atoms with Crippen molar-refractivity contribution in [3.05, 3.63) is 59.7 Å². The van der Waals surface area contributed by atoms with E-state index >= 15 is 0 Å². The van der Waals surface area contributed by atoms with Crippen molar-refractivity contribution in [3.63, 3.8) is 0 Å². The van der Waals surface area contributed by atoms with Crippen molar-refractivity contribution in [2.24, 2.45) is 5.92 Å². The van der Waals surface area contributed by atoms with Gasteiger partial charge in [0.15, 0.2) is 0 Å². The van der Waals surface area contributed by atoms with E-state index in [1.807, 2.05) is 12.1 Å². The highest BCUT2D eigenvalue weighted by molar-refractivity contribution is 5.97. The third kappa shape index (κ3) is 5.58. The van der Waals surface area contributed by atoms with E-state index in [-0.39, 0.29) is 29.3 Å². The number of pyridine rings is 1. The Morgan fingerprint density at radius 3 is 2.81 bits per heavy atom. The lowest BCUT2D eigenvalue weighted by Crippen LogP contribution is -2.43. The van der Waals surface area contributed by atoms with Gasteiger partial charge in [-0.25, -0.2) is 4.39 Å². The van der Waals surface area contributed by atoms with Crippen LogP contribution >= 0.6 is 0 Å². The molecule has 164 valence electrons. The van der Waals surface area contributed by atoms with Gasteiger partial charge in [-0.3, -0.25) is 19.5 Å². The van der Waals surface area contributed by atoms with Gasteiger partial charge < -0.3 is 15.4 Å². The highest BCUT2D eigenvalue weighted by Gasteiger charge is 2.30. The van der Waals surface area contributed by atoms with Crippen LogP contribution in [-0.4, -0.2) is 54.0 Å². The summed E-state index contributed by atoms with van der Waals surface area (Å²) in [6, 6.07) is 7.72. The van der Waals surface area contributed by atoms with Gasteiger partial charge in [-0.2, -0.15) is 0 Å². The summed E-state index contributed by atoms with van der Waals surface area (Å²) in [4.78, 5) is 32.0. The molecule has 8 heteroatoms. The summed E-state index contributed by atoms with van der Waals surface area (Å²) >= 11 is 0. The van der Waals surface area contributed by atoms with Crippen LogP contribution in [0, 0.1) is 11.7 Å². The highest BCUT2D eigenvalue weighted by atomic mass is 19.1. The number of benzene rings is 1. The second-order valence-corrected chi connectivity index (χ2v) is 8.13. The first-order valence-corrected chi connectivity index (χ1v) is 10.7. The lowest BCUT2D eigenvalue weighted by molar-refractivity contribution is -0.125. The molecule has 0 radical (unpaired) electrons. The van der Waals surface area contributed by atoms with E-state index in [9.17, 15) is 14.0 Å². The van der Waals surface area contributed by atoms with Crippen LogP contribution in [0.4, 0.5) is 4.39 Å². The normalized spacial score (nSPS) is 23.0. The minimum Gasteiger partial charge on any atom is -0.493 e. The third-order valence-electron chi connectivity index (χ3n) is 5.75. The first kappa shape index (κ1) is 21.2. The number of rotatable bonds is 2. The summed E-state index contributed by atoms with van der Waals surface area (Å²) in [7, 11) is 0. The number of aromatic nitrogens is 1. The van der Waals surface area contributed by atoms with Crippen LogP contribution in [0.3, 0.4) is 0 Å². The van der Waals surface area contributed by atoms with E-state index < -0.39 is 5.82 Å². The zero-order chi connectivity index (χ0) is 21.6. The van der Waals surface area contributed by atoms with Crippen molar-refractivity contribution in [3.8, 4) is 5.75 Å². The van der Waals surface area contributed by atoms with Gasteiger partial charge in [0.1, 0.15) is 11.6 Å². The van der Waals surface area contributed by atoms with E-state index in [1.54, 1.807) is 12.4 Å². The predicted octanol–water partition coefficient (Wildman–Crippen LogP) is 2.13. The maximum Gasteiger partial charge on any atom is 0.255 e. The SMILES string of the molecule is O=C1N[C@@H]2CC[C@@H](CN(Cc3ccncc3)C2)C(=O)NCCCOc2ccc(F)cc21. The number of ether oxygens (including phenoxy) is 1. The summed E-state index contributed by atoms with van der Waals surface area (Å²) in [6.45, 7) is 2.69. The summed E-state index contributed by atoms with van der Waals surface area (Å²) in [5.41, 5.74) is 1.29. The van der Waals surface area contributed by atoms with Crippen LogP contribution in [0.1, 0.15) is 35.2 Å². The molecule has 1 aromatic heterocycles. The van der Waals surface area contributed by atoms with E-state index in [1.165, 1.54) is 18.2 Å². The van der Waals surface area contributed by atoms with Crippen LogP contribution in [0.15, 0.2) is 42.7 Å². The maximum absolute atomic E-state index is 13.9. The number of hydrogen-bond donors (Lipinski definition) is 2. The Balaban J connectivity index is 1.59. The zero-order valence-electron chi connectivity index (χ0n) is 17.4. The minimum atomic E-state index is -0.480. The molecule has 0 aliphatic carbocycles. The van der Waals surface area contributed by atoms with Crippen LogP contribution in [0.2, 0.25) is 0 Å². The first-order valence-electron chi connectivity index (χ1n) is 10.7. The lowest BCUT2D eigenvalue weighted by Gasteiger charge is -2.26. The fourth-order valence-electron chi connectivity index (χ4n) is 4.17. The largest absolute Gasteiger partial charge is 0.493 e. The smallest absolute Gasteiger partial charge is 0.255 e. The van der Waals surface area contributed by atoms with E-state index in [4.69, 9.17) is 4.74 Å². The molecule has 0 unspecified atom stereocenters. The molecule has 2 aliphatic heterocycles. The third-order valence-corrected chi connectivity index (χ3v) is 5.75. The molecule has 7 nitrogen and oxygen atoms in total. The summed E-state index contributed by atoms with van der Waals surface area (Å²) < 4.78 is 19.6. The number of nitrogens with one attached hydrogen (secondary N) is 2. The van der Waals surface area contributed by atoms with E-state index in [0.29, 0.717) is 57.8 Å². The molecular weight excluding hydrogens is 399 g/mol. The van der Waals surface area contributed by atoms with Gasteiger partial charge in [-0.15, -0.1) is 0 Å². The van der Waals surface area contributed by atoms with Crippen molar-refractivity contribution < 1.29 is 18.7 Å². The number of hydrogen-bond acceptors (Lipinski definition) is 5. The Bertz CT molecular complexity index is 924. The van der Waals surface area contributed by atoms with Crippen molar-refractivity contribution in [1.82, 2.24) is 20.5 Å². The van der Waals surface area contributed by atoms with Gasteiger partial charge in [-0.1, -0.05) is 0 Å². The summed E-state index contributed by atoms with van der Waals surface area (Å²) in [5, 5.41) is 6.05. The molecule has 0 spiro atoms. The Hall–Kier alpha value is -3.00. The molecule has 2 aliphatic rings. The Morgan fingerprint density at radius 2 is 1.97 bits per heavy atom. The summed E-state index contributed by atoms with van der Waals surface area (Å²) in [6.07, 6.45) is 5.44.